The zero-order valence-electron chi connectivity index (χ0n) is 14.8. The van der Waals surface area contributed by atoms with Crippen molar-refractivity contribution in [1.82, 2.24) is 20.3 Å². The van der Waals surface area contributed by atoms with Crippen LogP contribution < -0.4 is 10.4 Å². The molecule has 1 aliphatic heterocycles. The monoisotopic (exact) mass is 375 g/mol. The first-order valence-electron chi connectivity index (χ1n) is 8.39. The molecule has 2 rings (SSSR count). The minimum absolute atomic E-state index is 0.0248. The minimum Gasteiger partial charge on any atom is -0.307 e. The smallest absolute Gasteiger partial charge is 0.255 e. The van der Waals surface area contributed by atoms with E-state index in [1.54, 1.807) is 0 Å². The van der Waals surface area contributed by atoms with Gasteiger partial charge in [-0.1, -0.05) is 12.8 Å². The fraction of sp³-hybridized carbons (Fsp3) is 0.812. The van der Waals surface area contributed by atoms with E-state index in [2.05, 4.69) is 48.0 Å². The van der Waals surface area contributed by atoms with Crippen molar-refractivity contribution in [2.75, 3.05) is 11.6 Å². The number of hydrogen-bond donors (Lipinski definition) is 2. The predicted molar refractivity (Wildman–Crippen MR) is 96.8 cm³/mol. The second kappa shape index (κ2) is 7.68. The molecule has 136 valence electrons. The van der Waals surface area contributed by atoms with Crippen LogP contribution in [-0.2, 0) is 0 Å². The van der Waals surface area contributed by atoms with E-state index in [-0.39, 0.29) is 27.6 Å². The highest BCUT2D eigenvalue weighted by atomic mass is 35.5. The molecule has 8 heteroatoms. The van der Waals surface area contributed by atoms with Gasteiger partial charge in [-0.05, 0) is 76.1 Å². The zero-order chi connectivity index (χ0) is 18.0. The molecule has 0 bridgehead atoms. The van der Waals surface area contributed by atoms with E-state index >= 15 is 0 Å². The van der Waals surface area contributed by atoms with Gasteiger partial charge in [0.05, 0.1) is 0 Å². The van der Waals surface area contributed by atoms with E-state index < -0.39 is 0 Å². The Hall–Kier alpha value is -0.690. The Labute approximate surface area is 153 Å². The van der Waals surface area contributed by atoms with Crippen molar-refractivity contribution >= 4 is 29.2 Å². The molecule has 1 aromatic heterocycles. The van der Waals surface area contributed by atoms with E-state index in [0.717, 1.165) is 24.3 Å². The second-order valence-electron chi connectivity index (χ2n) is 7.96. The Kier molecular flexibility index (Phi) is 6.29. The summed E-state index contributed by atoms with van der Waals surface area (Å²) in [5, 5.41) is 14.7. The number of hydroxylamine groups is 1. The molecule has 0 unspecified atom stereocenters. The third-order valence-corrected chi connectivity index (χ3v) is 4.64. The quantitative estimate of drug-likeness (QED) is 0.575. The SMILES string of the molecule is CC1(C)CC(CCCCN(O)c2nc(Cl)nc(Cl)n2)CC(C)(C)N1. The van der Waals surface area contributed by atoms with Gasteiger partial charge in [-0.2, -0.15) is 15.0 Å². The molecule has 0 spiro atoms. The predicted octanol–water partition coefficient (Wildman–Crippen LogP) is 4.10. The summed E-state index contributed by atoms with van der Waals surface area (Å²) >= 11 is 11.4. The Morgan fingerprint density at radius 2 is 1.58 bits per heavy atom. The number of halogens is 2. The molecule has 0 aliphatic carbocycles. The molecule has 2 N–H and O–H groups in total. The normalized spacial score (nSPS) is 20.1. The third-order valence-electron chi connectivity index (χ3n) is 4.31. The first-order chi connectivity index (χ1) is 11.1. The molecule has 1 aromatic rings. The summed E-state index contributed by atoms with van der Waals surface area (Å²) < 4.78 is 0. The van der Waals surface area contributed by atoms with Crippen LogP contribution >= 0.6 is 23.2 Å². The molecule has 24 heavy (non-hydrogen) atoms. The van der Waals surface area contributed by atoms with Crippen LogP contribution in [0.1, 0.15) is 59.8 Å². The van der Waals surface area contributed by atoms with E-state index in [0.29, 0.717) is 12.5 Å². The largest absolute Gasteiger partial charge is 0.307 e. The molecule has 0 aromatic carbocycles. The van der Waals surface area contributed by atoms with Gasteiger partial charge in [0.25, 0.3) is 5.95 Å². The summed E-state index contributed by atoms with van der Waals surface area (Å²) in [6, 6.07) is 0. The fourth-order valence-corrected chi connectivity index (χ4v) is 4.32. The number of aromatic nitrogens is 3. The first kappa shape index (κ1) is 19.6. The Morgan fingerprint density at radius 3 is 2.12 bits per heavy atom. The standard InChI is InChI=1S/C16H27Cl2N5O/c1-15(2)9-11(10-16(3,4)22-15)7-5-6-8-23(24)14-20-12(17)19-13(18)21-14/h11,22,24H,5-10H2,1-4H3. The molecular weight excluding hydrogens is 349 g/mol. The van der Waals surface area contributed by atoms with Crippen molar-refractivity contribution < 1.29 is 5.21 Å². The molecule has 0 amide bonds. The minimum atomic E-state index is -0.0248. The lowest BCUT2D eigenvalue weighted by molar-refractivity contribution is 0.121. The van der Waals surface area contributed by atoms with Crippen molar-refractivity contribution in [1.29, 1.82) is 0 Å². The number of anilines is 1. The molecular formula is C16H27Cl2N5O. The molecule has 1 aliphatic rings. The van der Waals surface area contributed by atoms with Crippen LogP contribution in [0.3, 0.4) is 0 Å². The Bertz CT molecular complexity index is 531. The zero-order valence-corrected chi connectivity index (χ0v) is 16.3. The van der Waals surface area contributed by atoms with Crippen molar-refractivity contribution in [3.63, 3.8) is 0 Å². The van der Waals surface area contributed by atoms with E-state index in [1.165, 1.54) is 12.8 Å². The van der Waals surface area contributed by atoms with Gasteiger partial charge in [-0.15, -0.1) is 0 Å². The van der Waals surface area contributed by atoms with Gasteiger partial charge in [0.15, 0.2) is 0 Å². The van der Waals surface area contributed by atoms with Crippen LogP contribution in [0.4, 0.5) is 5.95 Å². The lowest BCUT2D eigenvalue weighted by Crippen LogP contribution is -2.57. The average molecular weight is 376 g/mol. The maximum absolute atomic E-state index is 10.0. The summed E-state index contributed by atoms with van der Waals surface area (Å²) in [5.41, 5.74) is 0.349. The molecule has 0 radical (unpaired) electrons. The molecule has 0 atom stereocenters. The highest BCUT2D eigenvalue weighted by Gasteiger charge is 2.37. The maximum atomic E-state index is 10.0. The fourth-order valence-electron chi connectivity index (χ4n) is 3.96. The molecule has 1 fully saturated rings. The van der Waals surface area contributed by atoms with Gasteiger partial charge in [0.2, 0.25) is 10.6 Å². The third kappa shape index (κ3) is 5.99. The molecule has 6 nitrogen and oxygen atoms in total. The van der Waals surface area contributed by atoms with Crippen LogP contribution in [-0.4, -0.2) is 37.8 Å². The number of piperidine rings is 1. The van der Waals surface area contributed by atoms with Gasteiger partial charge in [-0.25, -0.2) is 5.06 Å². The van der Waals surface area contributed by atoms with E-state index in [1.807, 2.05) is 0 Å². The molecule has 2 heterocycles. The van der Waals surface area contributed by atoms with Crippen molar-refractivity contribution in [2.45, 2.75) is 70.9 Å². The van der Waals surface area contributed by atoms with Gasteiger partial charge >= 0.3 is 0 Å². The topological polar surface area (TPSA) is 74.2 Å². The van der Waals surface area contributed by atoms with Crippen molar-refractivity contribution in [2.24, 2.45) is 5.92 Å². The highest BCUT2D eigenvalue weighted by Crippen LogP contribution is 2.35. The number of nitrogens with one attached hydrogen (secondary N) is 1. The van der Waals surface area contributed by atoms with Gasteiger partial charge in [-0.3, -0.25) is 5.21 Å². The van der Waals surface area contributed by atoms with Gasteiger partial charge in [0, 0.05) is 17.6 Å². The number of rotatable bonds is 6. The maximum Gasteiger partial charge on any atom is 0.255 e. The van der Waals surface area contributed by atoms with Crippen molar-refractivity contribution in [3.8, 4) is 0 Å². The second-order valence-corrected chi connectivity index (χ2v) is 8.64. The molecule has 1 saturated heterocycles. The van der Waals surface area contributed by atoms with Crippen LogP contribution in [0.15, 0.2) is 0 Å². The lowest BCUT2D eigenvalue weighted by Gasteiger charge is -2.46. The number of unbranched alkanes of at least 4 members (excludes halogenated alkanes) is 1. The summed E-state index contributed by atoms with van der Waals surface area (Å²) in [6.45, 7) is 9.51. The summed E-state index contributed by atoms with van der Waals surface area (Å²) in [6.07, 6.45) is 5.40. The summed E-state index contributed by atoms with van der Waals surface area (Å²) in [7, 11) is 0. The van der Waals surface area contributed by atoms with E-state index in [9.17, 15) is 5.21 Å². The Balaban J connectivity index is 1.78. The van der Waals surface area contributed by atoms with Crippen molar-refractivity contribution in [3.05, 3.63) is 10.6 Å². The number of hydrogen-bond acceptors (Lipinski definition) is 6. The number of nitrogens with zero attached hydrogens (tertiary/aromatic N) is 4. The first-order valence-corrected chi connectivity index (χ1v) is 9.15. The summed E-state index contributed by atoms with van der Waals surface area (Å²) in [4.78, 5) is 11.4. The van der Waals surface area contributed by atoms with E-state index in [4.69, 9.17) is 23.2 Å². The summed E-state index contributed by atoms with van der Waals surface area (Å²) in [5.74, 6) is 0.786. The Morgan fingerprint density at radius 1 is 1.04 bits per heavy atom. The molecule has 0 saturated carbocycles. The highest BCUT2D eigenvalue weighted by molar-refractivity contribution is 6.31. The van der Waals surface area contributed by atoms with Crippen LogP contribution in [0.2, 0.25) is 10.6 Å². The van der Waals surface area contributed by atoms with Crippen LogP contribution in [0, 0.1) is 5.92 Å². The average Bonchev–Trinajstić information content (AvgIpc) is 2.38. The van der Waals surface area contributed by atoms with Crippen LogP contribution in [0.25, 0.3) is 0 Å². The van der Waals surface area contributed by atoms with Gasteiger partial charge < -0.3 is 5.32 Å². The van der Waals surface area contributed by atoms with Crippen LogP contribution in [0.5, 0.6) is 0 Å². The lowest BCUT2D eigenvalue weighted by atomic mass is 9.74. The van der Waals surface area contributed by atoms with Gasteiger partial charge in [0.1, 0.15) is 0 Å².